The molecule has 0 saturated carbocycles. The highest BCUT2D eigenvalue weighted by Gasteiger charge is 2.08. The Hall–Kier alpha value is -3.90. The smallest absolute Gasteiger partial charge is 0.0172 e. The molecule has 0 unspecified atom stereocenters. The lowest BCUT2D eigenvalue weighted by atomic mass is 9.92. The summed E-state index contributed by atoms with van der Waals surface area (Å²) in [5.74, 6) is 0. The Balaban J connectivity index is 1.86. The molecule has 0 aliphatic rings. The maximum absolute atomic E-state index is 3.86. The van der Waals surface area contributed by atoms with Gasteiger partial charge in [0.15, 0.2) is 0 Å². The van der Waals surface area contributed by atoms with Gasteiger partial charge in [0.1, 0.15) is 0 Å². The summed E-state index contributed by atoms with van der Waals surface area (Å²) >= 11 is 0. The van der Waals surface area contributed by atoms with Crippen LogP contribution in [0.2, 0.25) is 0 Å². The molecule has 0 heteroatoms. The largest absolute Gasteiger partial charge is 0.0985 e. The number of benzene rings is 4. The molecule has 0 fully saturated rings. The van der Waals surface area contributed by atoms with Crippen LogP contribution in [0, 0.1) is 0 Å². The van der Waals surface area contributed by atoms with E-state index in [1.54, 1.807) is 0 Å². The molecular formula is C30H24. The van der Waals surface area contributed by atoms with E-state index >= 15 is 0 Å². The van der Waals surface area contributed by atoms with Crippen molar-refractivity contribution in [3.05, 3.63) is 127 Å². The Labute approximate surface area is 179 Å². The number of hydrogen-bond acceptors (Lipinski definition) is 0. The van der Waals surface area contributed by atoms with E-state index in [1.165, 1.54) is 33.4 Å². The molecule has 0 N–H and O–H groups in total. The highest BCUT2D eigenvalue weighted by Crippen LogP contribution is 2.33. The van der Waals surface area contributed by atoms with E-state index in [4.69, 9.17) is 0 Å². The van der Waals surface area contributed by atoms with Crippen LogP contribution in [0.15, 0.2) is 111 Å². The second-order valence-corrected chi connectivity index (χ2v) is 7.28. The summed E-state index contributed by atoms with van der Waals surface area (Å²) in [4.78, 5) is 0. The van der Waals surface area contributed by atoms with E-state index in [0.29, 0.717) is 0 Å². The van der Waals surface area contributed by atoms with Crippen molar-refractivity contribution in [2.24, 2.45) is 0 Å². The first-order valence-electron chi connectivity index (χ1n) is 10.0. The quantitative estimate of drug-likeness (QED) is 0.312. The van der Waals surface area contributed by atoms with Gasteiger partial charge in [-0.05, 0) is 68.3 Å². The molecule has 4 aromatic rings. The molecule has 30 heavy (non-hydrogen) atoms. The molecule has 0 heterocycles. The van der Waals surface area contributed by atoms with E-state index in [2.05, 4.69) is 111 Å². The maximum Gasteiger partial charge on any atom is -0.0172 e. The average molecular weight is 385 g/mol. The molecule has 0 nitrogen and oxygen atoms in total. The Morgan fingerprint density at radius 1 is 0.333 bits per heavy atom. The van der Waals surface area contributed by atoms with Crippen molar-refractivity contribution in [2.45, 2.75) is 0 Å². The summed E-state index contributed by atoms with van der Waals surface area (Å²) < 4.78 is 0. The second-order valence-electron chi connectivity index (χ2n) is 7.28. The van der Waals surface area contributed by atoms with Gasteiger partial charge in [-0.15, -0.1) is 0 Å². The van der Waals surface area contributed by atoms with E-state index in [1.807, 2.05) is 18.2 Å². The van der Waals surface area contributed by atoms with E-state index in [0.717, 1.165) is 16.7 Å². The summed E-state index contributed by atoms with van der Waals surface area (Å²) in [7, 11) is 0. The van der Waals surface area contributed by atoms with Gasteiger partial charge in [-0.25, -0.2) is 0 Å². The first-order valence-corrected chi connectivity index (χ1v) is 10.0. The summed E-state index contributed by atoms with van der Waals surface area (Å²) in [6, 6.07) is 32.3. The molecule has 0 spiro atoms. The molecule has 0 amide bonds. The van der Waals surface area contributed by atoms with Crippen LogP contribution < -0.4 is 0 Å². The van der Waals surface area contributed by atoms with Gasteiger partial charge in [0.2, 0.25) is 0 Å². The Kier molecular flexibility index (Phi) is 5.59. The van der Waals surface area contributed by atoms with Gasteiger partial charge < -0.3 is 0 Å². The molecule has 0 atom stereocenters. The fourth-order valence-electron chi connectivity index (χ4n) is 3.56. The molecule has 0 radical (unpaired) electrons. The standard InChI is InChI=1S/C30H24/c1-4-22-7-13-25(14-8-22)28-19-29(26-15-9-23(5-2)10-16-26)21-30(20-28)27-17-11-24(6-3)12-18-27/h4-21H,1-3H2. The molecule has 4 aromatic carbocycles. The first kappa shape index (κ1) is 19.4. The first-order chi connectivity index (χ1) is 14.7. The Morgan fingerprint density at radius 3 is 0.767 bits per heavy atom. The molecule has 144 valence electrons. The summed E-state index contributed by atoms with van der Waals surface area (Å²) in [5.41, 5.74) is 10.5. The van der Waals surface area contributed by atoms with E-state index in [9.17, 15) is 0 Å². The fourth-order valence-corrected chi connectivity index (χ4v) is 3.56. The van der Waals surface area contributed by atoms with Crippen molar-refractivity contribution in [1.29, 1.82) is 0 Å². The minimum atomic E-state index is 1.12. The fraction of sp³-hybridized carbons (Fsp3) is 0. The molecule has 0 saturated heterocycles. The van der Waals surface area contributed by atoms with Gasteiger partial charge in [-0.3, -0.25) is 0 Å². The van der Waals surface area contributed by atoms with Crippen LogP contribution in [0.4, 0.5) is 0 Å². The van der Waals surface area contributed by atoms with Crippen LogP contribution in [-0.2, 0) is 0 Å². The SMILES string of the molecule is C=Cc1ccc(-c2cc(-c3ccc(C=C)cc3)cc(-c3ccc(C=C)cc3)c2)cc1. The van der Waals surface area contributed by atoms with Crippen LogP contribution in [0.3, 0.4) is 0 Å². The van der Waals surface area contributed by atoms with Crippen molar-refractivity contribution in [2.75, 3.05) is 0 Å². The van der Waals surface area contributed by atoms with Crippen LogP contribution in [0.25, 0.3) is 51.6 Å². The molecule has 0 aromatic heterocycles. The predicted molar refractivity (Wildman–Crippen MR) is 133 cm³/mol. The Morgan fingerprint density at radius 2 is 0.567 bits per heavy atom. The zero-order valence-electron chi connectivity index (χ0n) is 17.0. The monoisotopic (exact) mass is 384 g/mol. The summed E-state index contributed by atoms with van der Waals surface area (Å²) in [6.45, 7) is 11.6. The lowest BCUT2D eigenvalue weighted by Gasteiger charge is -2.12. The molecule has 0 bridgehead atoms. The minimum absolute atomic E-state index is 1.12. The third kappa shape index (κ3) is 4.09. The number of rotatable bonds is 6. The van der Waals surface area contributed by atoms with Crippen molar-refractivity contribution in [1.82, 2.24) is 0 Å². The minimum Gasteiger partial charge on any atom is -0.0985 e. The van der Waals surface area contributed by atoms with E-state index < -0.39 is 0 Å². The lowest BCUT2D eigenvalue weighted by Crippen LogP contribution is -1.87. The topological polar surface area (TPSA) is 0 Å². The predicted octanol–water partition coefficient (Wildman–Crippen LogP) is 8.62. The highest BCUT2D eigenvalue weighted by atomic mass is 14.1. The third-order valence-corrected chi connectivity index (χ3v) is 5.37. The maximum atomic E-state index is 3.86. The molecule has 4 rings (SSSR count). The van der Waals surface area contributed by atoms with Crippen LogP contribution in [0.1, 0.15) is 16.7 Å². The Bertz CT molecular complexity index is 1020. The second kappa shape index (κ2) is 8.63. The van der Waals surface area contributed by atoms with Gasteiger partial charge in [0.25, 0.3) is 0 Å². The normalized spacial score (nSPS) is 10.4. The molecular weight excluding hydrogens is 360 g/mol. The van der Waals surface area contributed by atoms with Gasteiger partial charge >= 0.3 is 0 Å². The lowest BCUT2D eigenvalue weighted by molar-refractivity contribution is 1.55. The van der Waals surface area contributed by atoms with Gasteiger partial charge in [0, 0.05) is 0 Å². The number of hydrogen-bond donors (Lipinski definition) is 0. The van der Waals surface area contributed by atoms with Crippen LogP contribution in [0.5, 0.6) is 0 Å². The highest BCUT2D eigenvalue weighted by molar-refractivity contribution is 5.82. The van der Waals surface area contributed by atoms with Crippen molar-refractivity contribution in [3.8, 4) is 33.4 Å². The molecule has 0 aliphatic carbocycles. The average Bonchev–Trinajstić information content (AvgIpc) is 2.84. The van der Waals surface area contributed by atoms with Crippen LogP contribution >= 0.6 is 0 Å². The van der Waals surface area contributed by atoms with Gasteiger partial charge in [-0.2, -0.15) is 0 Å². The molecule has 0 aliphatic heterocycles. The van der Waals surface area contributed by atoms with Crippen molar-refractivity contribution >= 4 is 18.2 Å². The third-order valence-electron chi connectivity index (χ3n) is 5.37. The van der Waals surface area contributed by atoms with Crippen LogP contribution in [-0.4, -0.2) is 0 Å². The van der Waals surface area contributed by atoms with Gasteiger partial charge in [-0.1, -0.05) is 111 Å². The van der Waals surface area contributed by atoms with Crippen molar-refractivity contribution < 1.29 is 0 Å². The zero-order valence-corrected chi connectivity index (χ0v) is 17.0. The summed E-state index contributed by atoms with van der Waals surface area (Å²) in [6.07, 6.45) is 5.61. The zero-order chi connectivity index (χ0) is 20.9. The summed E-state index contributed by atoms with van der Waals surface area (Å²) in [5, 5.41) is 0. The van der Waals surface area contributed by atoms with E-state index in [-0.39, 0.29) is 0 Å². The van der Waals surface area contributed by atoms with Gasteiger partial charge in [0.05, 0.1) is 0 Å². The van der Waals surface area contributed by atoms with Crippen molar-refractivity contribution in [3.63, 3.8) is 0 Å².